The van der Waals surface area contributed by atoms with Crippen LogP contribution in [-0.2, 0) is 4.79 Å². The van der Waals surface area contributed by atoms with E-state index in [2.05, 4.69) is 26.8 Å². The van der Waals surface area contributed by atoms with Crippen molar-refractivity contribution >= 4 is 39.2 Å². The van der Waals surface area contributed by atoms with Crippen molar-refractivity contribution in [1.82, 2.24) is 15.3 Å². The molecule has 1 saturated heterocycles. The molecular weight excluding hydrogens is 276 g/mol. The molecule has 1 unspecified atom stereocenters. The zero-order valence-corrected chi connectivity index (χ0v) is 12.1. The lowest BCUT2D eigenvalue weighted by Crippen LogP contribution is -2.54. The maximum absolute atomic E-state index is 11.8. The number of nitrogen functional groups attached to an aromatic ring is 1. The molecule has 7 nitrogen and oxygen atoms in total. The Morgan fingerprint density at radius 2 is 2.35 bits per heavy atom. The van der Waals surface area contributed by atoms with Gasteiger partial charge in [0.05, 0.1) is 5.39 Å². The third kappa shape index (κ3) is 2.06. The molecule has 0 spiro atoms. The number of hydrogen-bond acceptors (Lipinski definition) is 7. The van der Waals surface area contributed by atoms with Gasteiger partial charge in [0, 0.05) is 18.0 Å². The van der Waals surface area contributed by atoms with Gasteiger partial charge in [0.25, 0.3) is 0 Å². The molecule has 1 atom stereocenters. The molecule has 2 aromatic heterocycles. The van der Waals surface area contributed by atoms with Gasteiger partial charge in [-0.25, -0.2) is 10.8 Å². The highest BCUT2D eigenvalue weighted by Crippen LogP contribution is 2.32. The van der Waals surface area contributed by atoms with Gasteiger partial charge in [-0.2, -0.15) is 4.98 Å². The van der Waals surface area contributed by atoms with Crippen molar-refractivity contribution in [2.45, 2.75) is 19.9 Å². The SMILES string of the molecule is Cc1cc2c(N3CCNC(=O)C3C)nc(NN)nc2s1. The van der Waals surface area contributed by atoms with Crippen molar-refractivity contribution in [3.05, 3.63) is 10.9 Å². The second-order valence-corrected chi connectivity index (χ2v) is 5.99. The van der Waals surface area contributed by atoms with E-state index in [1.165, 1.54) is 0 Å². The number of carbonyl (C=O) groups is 1. The van der Waals surface area contributed by atoms with E-state index >= 15 is 0 Å². The van der Waals surface area contributed by atoms with Crippen molar-refractivity contribution in [2.24, 2.45) is 5.84 Å². The average molecular weight is 292 g/mol. The fourth-order valence-corrected chi connectivity index (χ4v) is 3.26. The highest BCUT2D eigenvalue weighted by Gasteiger charge is 2.28. The van der Waals surface area contributed by atoms with Crippen LogP contribution in [0.15, 0.2) is 6.07 Å². The Bertz CT molecular complexity index is 669. The number of hydrogen-bond donors (Lipinski definition) is 3. The number of hydrazine groups is 1. The number of fused-ring (bicyclic) bond motifs is 1. The van der Waals surface area contributed by atoms with Crippen LogP contribution in [0.1, 0.15) is 11.8 Å². The third-order valence-electron chi connectivity index (χ3n) is 3.40. The summed E-state index contributed by atoms with van der Waals surface area (Å²) in [6.07, 6.45) is 0. The van der Waals surface area contributed by atoms with Crippen LogP contribution in [0, 0.1) is 6.92 Å². The van der Waals surface area contributed by atoms with E-state index in [0.717, 1.165) is 27.5 Å². The minimum absolute atomic E-state index is 0.0113. The van der Waals surface area contributed by atoms with Crippen molar-refractivity contribution in [2.75, 3.05) is 23.4 Å². The Kier molecular flexibility index (Phi) is 3.19. The van der Waals surface area contributed by atoms with E-state index in [4.69, 9.17) is 5.84 Å². The van der Waals surface area contributed by atoms with Crippen LogP contribution < -0.4 is 21.5 Å². The first-order chi connectivity index (χ1) is 9.60. The number of anilines is 2. The topological polar surface area (TPSA) is 96.2 Å². The number of nitrogens with one attached hydrogen (secondary N) is 2. The number of thiophene rings is 1. The number of aromatic nitrogens is 2. The second-order valence-electron chi connectivity index (χ2n) is 4.75. The highest BCUT2D eigenvalue weighted by molar-refractivity contribution is 7.18. The molecule has 0 aliphatic carbocycles. The number of piperazine rings is 1. The molecule has 3 heterocycles. The van der Waals surface area contributed by atoms with E-state index in [9.17, 15) is 4.79 Å². The number of nitrogens with two attached hydrogens (primary N) is 1. The predicted molar refractivity (Wildman–Crippen MR) is 79.8 cm³/mol. The van der Waals surface area contributed by atoms with Gasteiger partial charge in [0.2, 0.25) is 11.9 Å². The van der Waals surface area contributed by atoms with Crippen molar-refractivity contribution in [3.8, 4) is 0 Å². The number of rotatable bonds is 2. The number of nitrogens with zero attached hydrogens (tertiary/aromatic N) is 3. The van der Waals surface area contributed by atoms with Gasteiger partial charge < -0.3 is 10.2 Å². The molecule has 4 N–H and O–H groups in total. The summed E-state index contributed by atoms with van der Waals surface area (Å²) < 4.78 is 0. The summed E-state index contributed by atoms with van der Waals surface area (Å²) in [5.41, 5.74) is 2.49. The minimum atomic E-state index is -0.257. The van der Waals surface area contributed by atoms with Crippen molar-refractivity contribution in [1.29, 1.82) is 0 Å². The second kappa shape index (κ2) is 4.88. The van der Waals surface area contributed by atoms with E-state index in [1.807, 2.05) is 18.7 Å². The summed E-state index contributed by atoms with van der Waals surface area (Å²) >= 11 is 1.59. The zero-order valence-electron chi connectivity index (χ0n) is 11.3. The molecule has 8 heteroatoms. The fourth-order valence-electron chi connectivity index (χ4n) is 2.38. The first kappa shape index (κ1) is 13.1. The summed E-state index contributed by atoms with van der Waals surface area (Å²) in [5, 5.41) is 3.82. The van der Waals surface area contributed by atoms with Crippen LogP contribution in [0.5, 0.6) is 0 Å². The molecule has 106 valence electrons. The van der Waals surface area contributed by atoms with Gasteiger partial charge in [-0.3, -0.25) is 10.2 Å². The average Bonchev–Trinajstić information content (AvgIpc) is 2.81. The van der Waals surface area contributed by atoms with Crippen LogP contribution in [-0.4, -0.2) is 35.0 Å². The fraction of sp³-hybridized carbons (Fsp3) is 0.417. The standard InChI is InChI=1S/C12H16N6OS/c1-6-5-8-9(15-12(17-13)16-11(8)20-6)18-4-3-14-10(19)7(18)2/h5,7H,3-4,13H2,1-2H3,(H,14,19)(H,15,16,17). The molecule has 0 aromatic carbocycles. The Balaban J connectivity index is 2.15. The van der Waals surface area contributed by atoms with Crippen LogP contribution in [0.2, 0.25) is 0 Å². The molecule has 0 bridgehead atoms. The van der Waals surface area contributed by atoms with Crippen LogP contribution in [0.25, 0.3) is 10.2 Å². The number of amides is 1. The summed E-state index contributed by atoms with van der Waals surface area (Å²) in [6.45, 7) is 5.23. The molecule has 1 fully saturated rings. The molecular formula is C12H16N6OS. The van der Waals surface area contributed by atoms with Gasteiger partial charge in [0.1, 0.15) is 16.7 Å². The monoisotopic (exact) mass is 292 g/mol. The zero-order chi connectivity index (χ0) is 14.3. The predicted octanol–water partition coefficient (Wildman–Crippen LogP) is 0.610. The molecule has 1 aliphatic rings. The van der Waals surface area contributed by atoms with Gasteiger partial charge in [-0.1, -0.05) is 0 Å². The molecule has 2 aromatic rings. The van der Waals surface area contributed by atoms with Gasteiger partial charge in [0.15, 0.2) is 0 Å². The lowest BCUT2D eigenvalue weighted by Gasteiger charge is -2.34. The van der Waals surface area contributed by atoms with Crippen LogP contribution >= 0.6 is 11.3 Å². The Hall–Kier alpha value is -1.93. The lowest BCUT2D eigenvalue weighted by molar-refractivity contribution is -0.122. The normalized spacial score (nSPS) is 19.2. The molecule has 1 amide bonds. The van der Waals surface area contributed by atoms with Gasteiger partial charge in [-0.15, -0.1) is 11.3 Å². The molecule has 1 aliphatic heterocycles. The maximum atomic E-state index is 11.8. The maximum Gasteiger partial charge on any atom is 0.242 e. The van der Waals surface area contributed by atoms with Gasteiger partial charge in [-0.05, 0) is 19.9 Å². The first-order valence-electron chi connectivity index (χ1n) is 6.39. The number of aryl methyl sites for hydroxylation is 1. The summed E-state index contributed by atoms with van der Waals surface area (Å²) in [6, 6.07) is 1.79. The van der Waals surface area contributed by atoms with E-state index < -0.39 is 0 Å². The summed E-state index contributed by atoms with van der Waals surface area (Å²) in [4.78, 5) is 24.7. The van der Waals surface area contributed by atoms with Crippen LogP contribution in [0.4, 0.5) is 11.8 Å². The summed E-state index contributed by atoms with van der Waals surface area (Å²) in [5.74, 6) is 6.58. The quantitative estimate of drug-likeness (QED) is 0.554. The number of carbonyl (C=O) groups excluding carboxylic acids is 1. The smallest absolute Gasteiger partial charge is 0.242 e. The molecule has 0 saturated carbocycles. The Morgan fingerprint density at radius 3 is 3.10 bits per heavy atom. The van der Waals surface area contributed by atoms with E-state index in [-0.39, 0.29) is 11.9 Å². The lowest BCUT2D eigenvalue weighted by atomic mass is 10.2. The summed E-state index contributed by atoms with van der Waals surface area (Å²) in [7, 11) is 0. The molecule has 3 rings (SSSR count). The van der Waals surface area contributed by atoms with E-state index in [1.54, 1.807) is 11.3 Å². The first-order valence-corrected chi connectivity index (χ1v) is 7.21. The Morgan fingerprint density at radius 1 is 1.55 bits per heavy atom. The molecule has 0 radical (unpaired) electrons. The van der Waals surface area contributed by atoms with Gasteiger partial charge >= 0.3 is 0 Å². The minimum Gasteiger partial charge on any atom is -0.353 e. The van der Waals surface area contributed by atoms with E-state index in [0.29, 0.717) is 12.5 Å². The van der Waals surface area contributed by atoms with Crippen molar-refractivity contribution in [3.63, 3.8) is 0 Å². The highest BCUT2D eigenvalue weighted by atomic mass is 32.1. The van der Waals surface area contributed by atoms with Crippen LogP contribution in [0.3, 0.4) is 0 Å². The van der Waals surface area contributed by atoms with Crippen molar-refractivity contribution < 1.29 is 4.79 Å². The Labute approximate surface area is 120 Å². The third-order valence-corrected chi connectivity index (χ3v) is 4.34. The largest absolute Gasteiger partial charge is 0.353 e. The molecule has 20 heavy (non-hydrogen) atoms.